The van der Waals surface area contributed by atoms with Gasteiger partial charge in [0.25, 0.3) is 0 Å². The lowest BCUT2D eigenvalue weighted by Gasteiger charge is -2.34. The number of sulfonamides is 1. The molecule has 0 aromatic heterocycles. The van der Waals surface area contributed by atoms with Crippen molar-refractivity contribution in [2.45, 2.75) is 30.2 Å². The summed E-state index contributed by atoms with van der Waals surface area (Å²) in [6, 6.07) is 4.62. The van der Waals surface area contributed by atoms with Crippen molar-refractivity contribution in [2.24, 2.45) is 5.73 Å². The summed E-state index contributed by atoms with van der Waals surface area (Å²) in [7, 11) is -0.693. The minimum absolute atomic E-state index is 0.129. The number of benzene rings is 1. The Balaban J connectivity index is 2.47. The van der Waals surface area contributed by atoms with E-state index in [1.165, 1.54) is 24.6 Å². The Hall–Kier alpha value is -1.31. The molecule has 0 saturated carbocycles. The van der Waals surface area contributed by atoms with Crippen LogP contribution in [0.1, 0.15) is 19.3 Å². The Morgan fingerprint density at radius 3 is 2.67 bits per heavy atom. The van der Waals surface area contributed by atoms with Gasteiger partial charge in [-0.15, -0.1) is 0 Å². The fourth-order valence-electron chi connectivity index (χ4n) is 2.64. The number of methoxy groups -OCH3 is 2. The number of rotatable bonds is 5. The number of ether oxygens (including phenoxy) is 2. The van der Waals surface area contributed by atoms with Crippen LogP contribution in [0, 0.1) is 0 Å². The first-order valence-electron chi connectivity index (χ1n) is 6.98. The molecule has 7 heteroatoms. The molecule has 6 nitrogen and oxygen atoms in total. The van der Waals surface area contributed by atoms with Crippen LogP contribution in [0.25, 0.3) is 0 Å². The van der Waals surface area contributed by atoms with Crippen LogP contribution < -0.4 is 15.2 Å². The molecular formula is C14H22N2O4S. The molecule has 0 radical (unpaired) electrons. The highest BCUT2D eigenvalue weighted by atomic mass is 32.2. The molecule has 1 aliphatic rings. The number of hydrogen-bond donors (Lipinski definition) is 1. The second-order valence-electron chi connectivity index (χ2n) is 5.02. The Kier molecular flexibility index (Phi) is 5.08. The van der Waals surface area contributed by atoms with Crippen molar-refractivity contribution in [3.63, 3.8) is 0 Å². The Bertz CT molecular complexity index is 589. The van der Waals surface area contributed by atoms with Crippen molar-refractivity contribution < 1.29 is 17.9 Å². The predicted octanol–water partition coefficient (Wildman–Crippen LogP) is 1.21. The number of nitrogens with zero attached hydrogens (tertiary/aromatic N) is 1. The molecule has 1 atom stereocenters. The van der Waals surface area contributed by atoms with Crippen molar-refractivity contribution in [1.82, 2.24) is 4.31 Å². The molecule has 1 heterocycles. The average molecular weight is 314 g/mol. The summed E-state index contributed by atoms with van der Waals surface area (Å²) in [5.74, 6) is 0.799. The maximum atomic E-state index is 12.9. The number of piperidine rings is 1. The van der Waals surface area contributed by atoms with Crippen LogP contribution >= 0.6 is 0 Å². The van der Waals surface area contributed by atoms with Crippen molar-refractivity contribution in [2.75, 3.05) is 27.3 Å². The van der Waals surface area contributed by atoms with Gasteiger partial charge in [0.05, 0.1) is 14.2 Å². The minimum Gasteiger partial charge on any atom is -0.497 e. The minimum atomic E-state index is -3.65. The summed E-state index contributed by atoms with van der Waals surface area (Å²) in [4.78, 5) is 0.129. The molecule has 2 rings (SSSR count). The van der Waals surface area contributed by atoms with Gasteiger partial charge < -0.3 is 15.2 Å². The molecular weight excluding hydrogens is 292 g/mol. The van der Waals surface area contributed by atoms with Gasteiger partial charge in [-0.3, -0.25) is 0 Å². The molecule has 1 aromatic rings. The van der Waals surface area contributed by atoms with Gasteiger partial charge in [-0.1, -0.05) is 6.42 Å². The van der Waals surface area contributed by atoms with Gasteiger partial charge in [-0.2, -0.15) is 4.31 Å². The van der Waals surface area contributed by atoms with Crippen molar-refractivity contribution >= 4 is 10.0 Å². The first-order chi connectivity index (χ1) is 10.0. The van der Waals surface area contributed by atoms with Crippen molar-refractivity contribution in [1.29, 1.82) is 0 Å². The van der Waals surface area contributed by atoms with E-state index in [0.29, 0.717) is 24.6 Å². The van der Waals surface area contributed by atoms with E-state index < -0.39 is 10.0 Å². The smallest absolute Gasteiger partial charge is 0.247 e. The third kappa shape index (κ3) is 3.14. The van der Waals surface area contributed by atoms with E-state index in [-0.39, 0.29) is 10.9 Å². The zero-order valence-corrected chi connectivity index (χ0v) is 13.2. The van der Waals surface area contributed by atoms with Gasteiger partial charge in [0.1, 0.15) is 16.4 Å². The standard InChI is InChI=1S/C14H22N2O4S/c1-19-12-6-7-13(20-2)14(9-12)21(17,18)16-8-4-3-5-11(16)10-15/h6-7,9,11H,3-5,8,10,15H2,1-2H3. The lowest BCUT2D eigenvalue weighted by Crippen LogP contribution is -2.47. The van der Waals surface area contributed by atoms with Gasteiger partial charge >= 0.3 is 0 Å². The first-order valence-corrected chi connectivity index (χ1v) is 8.42. The van der Waals surface area contributed by atoms with Gasteiger partial charge in [0.15, 0.2) is 0 Å². The van der Waals surface area contributed by atoms with Gasteiger partial charge in [0, 0.05) is 25.2 Å². The molecule has 0 spiro atoms. The summed E-state index contributed by atoms with van der Waals surface area (Å²) in [5.41, 5.74) is 5.73. The highest BCUT2D eigenvalue weighted by Crippen LogP contribution is 2.33. The number of nitrogens with two attached hydrogens (primary N) is 1. The summed E-state index contributed by atoms with van der Waals surface area (Å²) in [5, 5.41) is 0. The van der Waals surface area contributed by atoms with Gasteiger partial charge in [-0.25, -0.2) is 8.42 Å². The molecule has 1 aromatic carbocycles. The first kappa shape index (κ1) is 16.1. The van der Waals surface area contributed by atoms with Crippen molar-refractivity contribution in [3.8, 4) is 11.5 Å². The van der Waals surface area contributed by atoms with E-state index in [4.69, 9.17) is 15.2 Å². The van der Waals surface area contributed by atoms with Crippen LogP contribution in [0.2, 0.25) is 0 Å². The third-order valence-corrected chi connectivity index (χ3v) is 5.78. The molecule has 1 fully saturated rings. The van der Waals surface area contributed by atoms with Crippen LogP contribution in [0.15, 0.2) is 23.1 Å². The molecule has 1 aliphatic heterocycles. The van der Waals surface area contributed by atoms with E-state index in [1.54, 1.807) is 12.1 Å². The summed E-state index contributed by atoms with van der Waals surface area (Å²) >= 11 is 0. The molecule has 2 N–H and O–H groups in total. The van der Waals surface area contributed by atoms with Crippen LogP contribution in [0.5, 0.6) is 11.5 Å². The van der Waals surface area contributed by atoms with Crippen LogP contribution in [-0.2, 0) is 10.0 Å². The zero-order valence-electron chi connectivity index (χ0n) is 12.4. The normalized spacial score (nSPS) is 20.2. The lowest BCUT2D eigenvalue weighted by molar-refractivity contribution is 0.256. The molecule has 0 aliphatic carbocycles. The largest absolute Gasteiger partial charge is 0.497 e. The zero-order chi connectivity index (χ0) is 15.5. The fraction of sp³-hybridized carbons (Fsp3) is 0.571. The lowest BCUT2D eigenvalue weighted by atomic mass is 10.1. The van der Waals surface area contributed by atoms with E-state index in [1.807, 2.05) is 0 Å². The Labute approximate surface area is 125 Å². The highest BCUT2D eigenvalue weighted by Gasteiger charge is 2.34. The Morgan fingerprint density at radius 2 is 2.05 bits per heavy atom. The molecule has 118 valence electrons. The van der Waals surface area contributed by atoms with E-state index >= 15 is 0 Å². The molecule has 1 unspecified atom stereocenters. The molecule has 21 heavy (non-hydrogen) atoms. The van der Waals surface area contributed by atoms with E-state index in [9.17, 15) is 8.42 Å². The van der Waals surface area contributed by atoms with E-state index in [0.717, 1.165) is 19.3 Å². The maximum absolute atomic E-state index is 12.9. The van der Waals surface area contributed by atoms with Crippen LogP contribution in [-0.4, -0.2) is 46.1 Å². The summed E-state index contributed by atoms with van der Waals surface area (Å²) in [6.07, 6.45) is 2.65. The van der Waals surface area contributed by atoms with Gasteiger partial charge in [-0.05, 0) is 25.0 Å². The summed E-state index contributed by atoms with van der Waals surface area (Å²) in [6.45, 7) is 0.816. The van der Waals surface area contributed by atoms with Gasteiger partial charge in [0.2, 0.25) is 10.0 Å². The third-order valence-electron chi connectivity index (χ3n) is 3.80. The average Bonchev–Trinajstić information content (AvgIpc) is 2.54. The van der Waals surface area contributed by atoms with Crippen LogP contribution in [0.3, 0.4) is 0 Å². The van der Waals surface area contributed by atoms with E-state index in [2.05, 4.69) is 0 Å². The fourth-order valence-corrected chi connectivity index (χ4v) is 4.51. The molecule has 0 amide bonds. The number of hydrogen-bond acceptors (Lipinski definition) is 5. The SMILES string of the molecule is COc1ccc(OC)c(S(=O)(=O)N2CCCCC2CN)c1. The monoisotopic (exact) mass is 314 g/mol. The second-order valence-corrected chi connectivity index (χ2v) is 6.88. The quantitative estimate of drug-likeness (QED) is 0.883. The van der Waals surface area contributed by atoms with Crippen molar-refractivity contribution in [3.05, 3.63) is 18.2 Å². The topological polar surface area (TPSA) is 81.9 Å². The molecule has 0 bridgehead atoms. The predicted molar refractivity (Wildman–Crippen MR) is 80.1 cm³/mol. The van der Waals surface area contributed by atoms with Crippen LogP contribution in [0.4, 0.5) is 0 Å². The highest BCUT2D eigenvalue weighted by molar-refractivity contribution is 7.89. The summed E-state index contributed by atoms with van der Waals surface area (Å²) < 4.78 is 37.7. The second kappa shape index (κ2) is 6.64. The molecule has 1 saturated heterocycles. The Morgan fingerprint density at radius 1 is 1.29 bits per heavy atom. The maximum Gasteiger partial charge on any atom is 0.247 e.